The van der Waals surface area contributed by atoms with Crippen LogP contribution in [0.25, 0.3) is 22.4 Å². The number of hydrogen-bond acceptors (Lipinski definition) is 3. The molecule has 7 heteroatoms. The van der Waals surface area contributed by atoms with Crippen molar-refractivity contribution in [1.82, 2.24) is 14.8 Å². The summed E-state index contributed by atoms with van der Waals surface area (Å²) in [6.07, 6.45) is 5.52. The number of amides is 2. The van der Waals surface area contributed by atoms with Crippen molar-refractivity contribution in [1.29, 1.82) is 0 Å². The van der Waals surface area contributed by atoms with Crippen LogP contribution in [0.1, 0.15) is 6.92 Å². The van der Waals surface area contributed by atoms with E-state index in [0.29, 0.717) is 16.4 Å². The van der Waals surface area contributed by atoms with Crippen molar-refractivity contribution in [3.05, 3.63) is 84.3 Å². The van der Waals surface area contributed by atoms with E-state index in [1.807, 2.05) is 54.2 Å². The van der Waals surface area contributed by atoms with Crippen LogP contribution in [0.2, 0.25) is 5.02 Å². The standard InChI is InChI=1S/C23H20ClN5O/c1-2-29-15-21(22(28-29)16-10-12-25-13-11-16)17-4-3-5-20(14-17)27-23(30)26-19-8-6-18(24)7-9-19/h3-15H,2H2,1H3,(H2,26,27,30). The lowest BCUT2D eigenvalue weighted by atomic mass is 10.0. The maximum Gasteiger partial charge on any atom is 0.323 e. The predicted octanol–water partition coefficient (Wildman–Crippen LogP) is 5.93. The summed E-state index contributed by atoms with van der Waals surface area (Å²) in [5.41, 5.74) is 5.17. The first-order valence-electron chi connectivity index (χ1n) is 9.54. The zero-order chi connectivity index (χ0) is 20.9. The van der Waals surface area contributed by atoms with Gasteiger partial charge in [0, 0.05) is 52.7 Å². The predicted molar refractivity (Wildman–Crippen MR) is 121 cm³/mol. The number of aromatic nitrogens is 3. The van der Waals surface area contributed by atoms with Crippen LogP contribution in [0.15, 0.2) is 79.3 Å². The Morgan fingerprint density at radius 3 is 2.43 bits per heavy atom. The van der Waals surface area contributed by atoms with E-state index in [4.69, 9.17) is 16.7 Å². The molecular weight excluding hydrogens is 398 g/mol. The van der Waals surface area contributed by atoms with Crippen molar-refractivity contribution >= 4 is 29.0 Å². The molecular formula is C23H20ClN5O. The van der Waals surface area contributed by atoms with Crippen molar-refractivity contribution < 1.29 is 4.79 Å². The number of rotatable bonds is 5. The molecule has 6 nitrogen and oxygen atoms in total. The molecule has 2 N–H and O–H groups in total. The second-order valence-electron chi connectivity index (χ2n) is 6.65. The minimum atomic E-state index is -0.326. The lowest BCUT2D eigenvalue weighted by Gasteiger charge is -2.09. The SMILES string of the molecule is CCn1cc(-c2cccc(NC(=O)Nc3ccc(Cl)cc3)c2)c(-c2ccncc2)n1. The summed E-state index contributed by atoms with van der Waals surface area (Å²) < 4.78 is 1.90. The number of anilines is 2. The van der Waals surface area contributed by atoms with Gasteiger partial charge < -0.3 is 10.6 Å². The molecule has 150 valence electrons. The maximum absolute atomic E-state index is 12.4. The molecule has 0 saturated heterocycles. The molecule has 2 aromatic heterocycles. The summed E-state index contributed by atoms with van der Waals surface area (Å²) in [6.45, 7) is 2.81. The van der Waals surface area contributed by atoms with Crippen molar-refractivity contribution in [2.24, 2.45) is 0 Å². The molecule has 4 rings (SSSR count). The Morgan fingerprint density at radius 1 is 0.967 bits per heavy atom. The van der Waals surface area contributed by atoms with Crippen LogP contribution in [0.4, 0.5) is 16.2 Å². The number of carbonyl (C=O) groups excluding carboxylic acids is 1. The normalized spacial score (nSPS) is 10.6. The highest BCUT2D eigenvalue weighted by Crippen LogP contribution is 2.32. The first-order valence-corrected chi connectivity index (χ1v) is 9.92. The zero-order valence-corrected chi connectivity index (χ0v) is 17.1. The number of pyridine rings is 1. The average molecular weight is 418 g/mol. The molecule has 0 saturated carbocycles. The second-order valence-corrected chi connectivity index (χ2v) is 7.09. The Kier molecular flexibility index (Phi) is 5.77. The number of hydrogen-bond donors (Lipinski definition) is 2. The van der Waals surface area contributed by atoms with E-state index in [-0.39, 0.29) is 6.03 Å². The molecule has 0 fully saturated rings. The molecule has 30 heavy (non-hydrogen) atoms. The van der Waals surface area contributed by atoms with E-state index < -0.39 is 0 Å². The number of benzene rings is 2. The molecule has 0 aliphatic carbocycles. The van der Waals surface area contributed by atoms with E-state index in [0.717, 1.165) is 28.9 Å². The molecule has 0 atom stereocenters. The van der Waals surface area contributed by atoms with Gasteiger partial charge in [-0.05, 0) is 61.0 Å². The first-order chi connectivity index (χ1) is 14.6. The second kappa shape index (κ2) is 8.80. The number of nitrogens with one attached hydrogen (secondary N) is 2. The molecule has 2 amide bonds. The van der Waals surface area contributed by atoms with Gasteiger partial charge in [0.25, 0.3) is 0 Å². The lowest BCUT2D eigenvalue weighted by molar-refractivity contribution is 0.262. The van der Waals surface area contributed by atoms with Gasteiger partial charge in [-0.15, -0.1) is 0 Å². The fourth-order valence-corrected chi connectivity index (χ4v) is 3.23. The number of aryl methyl sites for hydroxylation is 1. The van der Waals surface area contributed by atoms with Crippen molar-refractivity contribution in [2.75, 3.05) is 10.6 Å². The van der Waals surface area contributed by atoms with Crippen LogP contribution in [-0.4, -0.2) is 20.8 Å². The summed E-state index contributed by atoms with van der Waals surface area (Å²) in [5.74, 6) is 0. The molecule has 0 unspecified atom stereocenters. The third-order valence-electron chi connectivity index (χ3n) is 4.57. The summed E-state index contributed by atoms with van der Waals surface area (Å²) in [6, 6.07) is 18.2. The summed E-state index contributed by atoms with van der Waals surface area (Å²) in [5, 5.41) is 11.0. The van der Waals surface area contributed by atoms with E-state index in [1.165, 1.54) is 0 Å². The van der Waals surface area contributed by atoms with Crippen LogP contribution in [0.5, 0.6) is 0 Å². The third-order valence-corrected chi connectivity index (χ3v) is 4.82. The number of nitrogens with zero attached hydrogens (tertiary/aromatic N) is 3. The van der Waals surface area contributed by atoms with Gasteiger partial charge in [0.05, 0.1) is 0 Å². The molecule has 2 aromatic carbocycles. The monoisotopic (exact) mass is 417 g/mol. The minimum Gasteiger partial charge on any atom is -0.308 e. The van der Waals surface area contributed by atoms with E-state index in [9.17, 15) is 4.79 Å². The quantitative estimate of drug-likeness (QED) is 0.422. The lowest BCUT2D eigenvalue weighted by Crippen LogP contribution is -2.19. The summed E-state index contributed by atoms with van der Waals surface area (Å²) in [7, 11) is 0. The van der Waals surface area contributed by atoms with Gasteiger partial charge in [-0.25, -0.2) is 4.79 Å². The summed E-state index contributed by atoms with van der Waals surface area (Å²) >= 11 is 5.88. The molecule has 0 spiro atoms. The smallest absolute Gasteiger partial charge is 0.308 e. The Balaban J connectivity index is 1.58. The van der Waals surface area contributed by atoms with Crippen molar-refractivity contribution in [2.45, 2.75) is 13.5 Å². The minimum absolute atomic E-state index is 0.326. The van der Waals surface area contributed by atoms with Gasteiger partial charge >= 0.3 is 6.03 Å². The molecule has 4 aromatic rings. The Labute approximate surface area is 179 Å². The van der Waals surface area contributed by atoms with Crippen LogP contribution in [0.3, 0.4) is 0 Å². The van der Waals surface area contributed by atoms with Gasteiger partial charge in [-0.2, -0.15) is 5.10 Å². The van der Waals surface area contributed by atoms with Crippen LogP contribution < -0.4 is 10.6 Å². The molecule has 0 radical (unpaired) electrons. The van der Waals surface area contributed by atoms with Crippen LogP contribution >= 0.6 is 11.6 Å². The number of halogens is 1. The number of urea groups is 1. The largest absolute Gasteiger partial charge is 0.323 e. The molecule has 0 bridgehead atoms. The highest BCUT2D eigenvalue weighted by atomic mass is 35.5. The average Bonchev–Trinajstić information content (AvgIpc) is 3.21. The van der Waals surface area contributed by atoms with E-state index in [2.05, 4.69) is 15.6 Å². The Hall–Kier alpha value is -3.64. The fraction of sp³-hybridized carbons (Fsp3) is 0.0870. The molecule has 2 heterocycles. The van der Waals surface area contributed by atoms with Gasteiger partial charge in [-0.1, -0.05) is 23.7 Å². The van der Waals surface area contributed by atoms with E-state index >= 15 is 0 Å². The van der Waals surface area contributed by atoms with Crippen LogP contribution in [0, 0.1) is 0 Å². The number of carbonyl (C=O) groups is 1. The highest BCUT2D eigenvalue weighted by Gasteiger charge is 2.13. The third kappa shape index (κ3) is 4.50. The topological polar surface area (TPSA) is 71.8 Å². The summed E-state index contributed by atoms with van der Waals surface area (Å²) in [4.78, 5) is 16.5. The van der Waals surface area contributed by atoms with Crippen LogP contribution in [-0.2, 0) is 6.54 Å². The Bertz CT molecular complexity index is 1160. The molecule has 0 aliphatic rings. The van der Waals surface area contributed by atoms with Gasteiger partial charge in [-0.3, -0.25) is 9.67 Å². The first kappa shape index (κ1) is 19.7. The fourth-order valence-electron chi connectivity index (χ4n) is 3.11. The zero-order valence-electron chi connectivity index (χ0n) is 16.3. The highest BCUT2D eigenvalue weighted by molar-refractivity contribution is 6.30. The Morgan fingerprint density at radius 2 is 1.70 bits per heavy atom. The van der Waals surface area contributed by atoms with Crippen molar-refractivity contribution in [3.63, 3.8) is 0 Å². The van der Waals surface area contributed by atoms with Gasteiger partial charge in [0.2, 0.25) is 0 Å². The maximum atomic E-state index is 12.4. The van der Waals surface area contributed by atoms with Gasteiger partial charge in [0.15, 0.2) is 0 Å². The molecule has 0 aliphatic heterocycles. The van der Waals surface area contributed by atoms with E-state index in [1.54, 1.807) is 36.7 Å². The van der Waals surface area contributed by atoms with Crippen molar-refractivity contribution in [3.8, 4) is 22.4 Å². The van der Waals surface area contributed by atoms with Gasteiger partial charge in [0.1, 0.15) is 5.69 Å².